The highest BCUT2D eigenvalue weighted by Crippen LogP contribution is 2.04. The molecule has 0 rings (SSSR count). The lowest BCUT2D eigenvalue weighted by Gasteiger charge is -2.24. The predicted octanol–water partition coefficient (Wildman–Crippen LogP) is -4.12. The highest BCUT2D eigenvalue weighted by atomic mass is 16.4. The van der Waals surface area contributed by atoms with Crippen LogP contribution >= 0.6 is 0 Å². The number of carbonyl (C=O) groups is 7. The number of hydrogen-bond donors (Lipinski definition) is 8. The SMILES string of the molecule is CC(N)C(=O)NC(CCC(=O)O)C(=O)NC(CCC(N)=O)C(=O)NC(CC(N)=O)C(=O)O. The lowest BCUT2D eigenvalue weighted by Crippen LogP contribution is -2.57. The van der Waals surface area contributed by atoms with Gasteiger partial charge in [-0.05, 0) is 19.8 Å². The van der Waals surface area contributed by atoms with Crippen molar-refractivity contribution in [2.45, 2.75) is 63.2 Å². The summed E-state index contributed by atoms with van der Waals surface area (Å²) in [5.74, 6) is -7.46. The van der Waals surface area contributed by atoms with E-state index in [9.17, 15) is 33.6 Å². The first-order valence-corrected chi connectivity index (χ1v) is 9.42. The average Bonchev–Trinajstić information content (AvgIpc) is 2.66. The Bertz CT molecular complexity index is 755. The summed E-state index contributed by atoms with van der Waals surface area (Å²) in [5, 5.41) is 24.5. The molecular formula is C17H28N6O9. The predicted molar refractivity (Wildman–Crippen MR) is 106 cm³/mol. The second-order valence-electron chi connectivity index (χ2n) is 6.92. The minimum atomic E-state index is -1.70. The summed E-state index contributed by atoms with van der Waals surface area (Å²) in [4.78, 5) is 81.2. The molecule has 15 heteroatoms. The zero-order chi connectivity index (χ0) is 25.0. The molecular weight excluding hydrogens is 432 g/mol. The molecule has 11 N–H and O–H groups in total. The smallest absolute Gasteiger partial charge is 0.326 e. The fraction of sp³-hybridized carbons (Fsp3) is 0.588. The van der Waals surface area contributed by atoms with Crippen LogP contribution in [0.15, 0.2) is 0 Å². The van der Waals surface area contributed by atoms with Gasteiger partial charge in [-0.2, -0.15) is 0 Å². The summed E-state index contributed by atoms with van der Waals surface area (Å²) in [5.41, 5.74) is 15.4. The molecule has 0 aliphatic rings. The van der Waals surface area contributed by atoms with Gasteiger partial charge in [0.25, 0.3) is 0 Å². The number of carbonyl (C=O) groups excluding carboxylic acids is 5. The van der Waals surface area contributed by atoms with E-state index >= 15 is 0 Å². The number of aliphatic carboxylic acids is 2. The quantitative estimate of drug-likeness (QED) is 0.117. The van der Waals surface area contributed by atoms with Gasteiger partial charge in [-0.1, -0.05) is 0 Å². The summed E-state index contributed by atoms with van der Waals surface area (Å²) >= 11 is 0. The molecule has 0 aromatic carbocycles. The summed E-state index contributed by atoms with van der Waals surface area (Å²) < 4.78 is 0. The monoisotopic (exact) mass is 460 g/mol. The van der Waals surface area contributed by atoms with Crippen molar-refractivity contribution in [1.82, 2.24) is 16.0 Å². The van der Waals surface area contributed by atoms with Gasteiger partial charge in [0, 0.05) is 12.8 Å². The van der Waals surface area contributed by atoms with Gasteiger partial charge in [0.2, 0.25) is 29.5 Å². The fourth-order valence-corrected chi connectivity index (χ4v) is 2.34. The molecule has 0 fully saturated rings. The van der Waals surface area contributed by atoms with E-state index in [1.54, 1.807) is 0 Å². The Morgan fingerprint density at radius 3 is 1.53 bits per heavy atom. The van der Waals surface area contributed by atoms with E-state index in [-0.39, 0.29) is 19.3 Å². The Kier molecular flexibility index (Phi) is 11.9. The van der Waals surface area contributed by atoms with Crippen molar-refractivity contribution >= 4 is 41.5 Å². The summed E-state index contributed by atoms with van der Waals surface area (Å²) in [6.45, 7) is 1.33. The molecule has 0 aliphatic heterocycles. The first kappa shape index (κ1) is 28.2. The number of amides is 5. The number of nitrogens with two attached hydrogens (primary N) is 3. The van der Waals surface area contributed by atoms with Gasteiger partial charge in [0.05, 0.1) is 12.5 Å². The Balaban J connectivity index is 5.56. The zero-order valence-corrected chi connectivity index (χ0v) is 17.3. The van der Waals surface area contributed by atoms with Crippen LogP contribution in [0.25, 0.3) is 0 Å². The van der Waals surface area contributed by atoms with Crippen molar-refractivity contribution < 1.29 is 43.8 Å². The minimum absolute atomic E-state index is 0.344. The Hall–Kier alpha value is -3.75. The largest absolute Gasteiger partial charge is 0.481 e. The molecule has 180 valence electrons. The van der Waals surface area contributed by atoms with Crippen LogP contribution in [0.1, 0.15) is 39.0 Å². The Morgan fingerprint density at radius 2 is 1.16 bits per heavy atom. The topological polar surface area (TPSA) is 274 Å². The molecule has 0 bridgehead atoms. The standard InChI is InChI=1S/C17H28N6O9/c1-7(18)14(28)21-9(3-5-13(26)27)15(29)22-8(2-4-11(19)24)16(30)23-10(17(31)32)6-12(20)25/h7-10H,2-6,18H2,1H3,(H2,19,24)(H2,20,25)(H,21,28)(H,22,29)(H,23,30)(H,26,27)(H,31,32). The Labute approximate surface area is 182 Å². The second kappa shape index (κ2) is 13.5. The van der Waals surface area contributed by atoms with Crippen molar-refractivity contribution in [2.75, 3.05) is 0 Å². The number of carboxylic acids is 2. The van der Waals surface area contributed by atoms with Crippen LogP contribution in [0.3, 0.4) is 0 Å². The van der Waals surface area contributed by atoms with E-state index in [0.717, 1.165) is 0 Å². The molecule has 15 nitrogen and oxygen atoms in total. The summed E-state index contributed by atoms with van der Waals surface area (Å²) in [6, 6.07) is -5.61. The average molecular weight is 460 g/mol. The maximum absolute atomic E-state index is 12.6. The summed E-state index contributed by atoms with van der Waals surface area (Å²) in [6.07, 6.45) is -2.30. The fourth-order valence-electron chi connectivity index (χ4n) is 2.34. The number of hydrogen-bond acceptors (Lipinski definition) is 8. The van der Waals surface area contributed by atoms with Crippen LogP contribution in [-0.2, 0) is 33.6 Å². The van der Waals surface area contributed by atoms with Crippen LogP contribution in [0, 0.1) is 0 Å². The van der Waals surface area contributed by atoms with E-state index in [1.165, 1.54) is 6.92 Å². The van der Waals surface area contributed by atoms with Crippen molar-refractivity contribution in [3.8, 4) is 0 Å². The van der Waals surface area contributed by atoms with Gasteiger partial charge in [-0.15, -0.1) is 0 Å². The van der Waals surface area contributed by atoms with Gasteiger partial charge in [0.1, 0.15) is 18.1 Å². The molecule has 0 spiro atoms. The van der Waals surface area contributed by atoms with Gasteiger partial charge >= 0.3 is 11.9 Å². The number of primary amides is 2. The summed E-state index contributed by atoms with van der Waals surface area (Å²) in [7, 11) is 0. The molecule has 5 amide bonds. The van der Waals surface area contributed by atoms with Crippen molar-refractivity contribution in [3.63, 3.8) is 0 Å². The van der Waals surface area contributed by atoms with E-state index in [1.807, 2.05) is 5.32 Å². The van der Waals surface area contributed by atoms with Gasteiger partial charge in [-0.3, -0.25) is 28.8 Å². The maximum atomic E-state index is 12.6. The molecule has 0 saturated heterocycles. The van der Waals surface area contributed by atoms with Crippen molar-refractivity contribution in [2.24, 2.45) is 17.2 Å². The molecule has 32 heavy (non-hydrogen) atoms. The van der Waals surface area contributed by atoms with E-state index in [0.29, 0.717) is 0 Å². The van der Waals surface area contributed by atoms with Crippen molar-refractivity contribution in [3.05, 3.63) is 0 Å². The number of carboxylic acid groups (broad SMARTS) is 2. The normalized spacial score (nSPS) is 14.2. The molecule has 4 atom stereocenters. The van der Waals surface area contributed by atoms with Gasteiger partial charge in [-0.25, -0.2) is 4.79 Å². The van der Waals surface area contributed by atoms with Crippen LogP contribution in [-0.4, -0.2) is 75.9 Å². The lowest BCUT2D eigenvalue weighted by molar-refractivity contribution is -0.144. The molecule has 0 heterocycles. The van der Waals surface area contributed by atoms with E-state index in [2.05, 4.69) is 10.6 Å². The zero-order valence-electron chi connectivity index (χ0n) is 17.3. The molecule has 0 aliphatic carbocycles. The van der Waals surface area contributed by atoms with E-state index < -0.39 is 78.5 Å². The van der Waals surface area contributed by atoms with E-state index in [4.69, 9.17) is 27.4 Å². The molecule has 4 unspecified atom stereocenters. The lowest BCUT2D eigenvalue weighted by atomic mass is 10.1. The number of rotatable bonds is 15. The molecule has 0 radical (unpaired) electrons. The second-order valence-corrected chi connectivity index (χ2v) is 6.92. The van der Waals surface area contributed by atoms with Gasteiger partial charge < -0.3 is 43.4 Å². The van der Waals surface area contributed by atoms with Crippen LogP contribution in [0.5, 0.6) is 0 Å². The molecule has 0 saturated carbocycles. The third-order valence-corrected chi connectivity index (χ3v) is 4.03. The highest BCUT2D eigenvalue weighted by molar-refractivity contribution is 5.95. The van der Waals surface area contributed by atoms with Crippen LogP contribution in [0.4, 0.5) is 0 Å². The van der Waals surface area contributed by atoms with Crippen LogP contribution in [0.2, 0.25) is 0 Å². The Morgan fingerprint density at radius 1 is 0.719 bits per heavy atom. The first-order chi connectivity index (χ1) is 14.7. The molecule has 0 aromatic rings. The van der Waals surface area contributed by atoms with Crippen molar-refractivity contribution in [1.29, 1.82) is 0 Å². The van der Waals surface area contributed by atoms with Gasteiger partial charge in [0.15, 0.2) is 0 Å². The minimum Gasteiger partial charge on any atom is -0.481 e. The first-order valence-electron chi connectivity index (χ1n) is 9.42. The van der Waals surface area contributed by atoms with Crippen LogP contribution < -0.4 is 33.2 Å². The molecule has 0 aromatic heterocycles. The number of nitrogens with one attached hydrogen (secondary N) is 3. The third-order valence-electron chi connectivity index (χ3n) is 4.03. The third kappa shape index (κ3) is 11.4. The maximum Gasteiger partial charge on any atom is 0.326 e. The highest BCUT2D eigenvalue weighted by Gasteiger charge is 2.31.